The van der Waals surface area contributed by atoms with Crippen molar-refractivity contribution in [1.29, 1.82) is 0 Å². The van der Waals surface area contributed by atoms with Gasteiger partial charge in [-0.3, -0.25) is 13.9 Å². The van der Waals surface area contributed by atoms with Crippen LogP contribution < -0.4 is 9.62 Å². The topological polar surface area (TPSA) is 86.8 Å². The van der Waals surface area contributed by atoms with Crippen LogP contribution in [0.1, 0.15) is 41.7 Å². The van der Waals surface area contributed by atoms with Crippen molar-refractivity contribution >= 4 is 27.5 Å². The third kappa shape index (κ3) is 8.82. The lowest BCUT2D eigenvalue weighted by atomic mass is 10.0. The fourth-order valence-electron chi connectivity index (χ4n) is 5.29. The van der Waals surface area contributed by atoms with Crippen molar-refractivity contribution in [2.75, 3.05) is 17.4 Å². The molecule has 0 unspecified atom stereocenters. The van der Waals surface area contributed by atoms with Crippen molar-refractivity contribution < 1.29 is 18.0 Å². The van der Waals surface area contributed by atoms with Gasteiger partial charge in [0.2, 0.25) is 11.8 Å². The highest BCUT2D eigenvalue weighted by Gasteiger charge is 2.35. The summed E-state index contributed by atoms with van der Waals surface area (Å²) in [6.07, 6.45) is 0.275. The van der Waals surface area contributed by atoms with Crippen molar-refractivity contribution in [1.82, 2.24) is 10.2 Å². The molecule has 0 radical (unpaired) electrons. The predicted octanol–water partition coefficient (Wildman–Crippen LogP) is 6.22. The van der Waals surface area contributed by atoms with Gasteiger partial charge in [-0.15, -0.1) is 0 Å². The van der Waals surface area contributed by atoms with E-state index in [9.17, 15) is 18.0 Å². The summed E-state index contributed by atoms with van der Waals surface area (Å²) in [5.74, 6) is -0.543. The second-order valence-corrected chi connectivity index (χ2v) is 13.8. The molecule has 1 atom stereocenters. The average molecular weight is 626 g/mol. The molecule has 0 aliphatic carbocycles. The molecule has 236 valence electrons. The Bertz CT molecular complexity index is 1690. The maximum atomic E-state index is 14.6. The lowest BCUT2D eigenvalue weighted by molar-refractivity contribution is -0.140. The zero-order valence-corrected chi connectivity index (χ0v) is 27.6. The lowest BCUT2D eigenvalue weighted by Crippen LogP contribution is -2.53. The molecule has 0 heterocycles. The summed E-state index contributed by atoms with van der Waals surface area (Å²) in [5, 5.41) is 3.03. The van der Waals surface area contributed by atoms with E-state index < -0.39 is 28.5 Å². The molecule has 0 fully saturated rings. The smallest absolute Gasteiger partial charge is 0.264 e. The number of nitrogens with one attached hydrogen (secondary N) is 1. The molecule has 0 aliphatic rings. The summed E-state index contributed by atoms with van der Waals surface area (Å²) < 4.78 is 29.5. The number of benzene rings is 4. The van der Waals surface area contributed by atoms with Crippen molar-refractivity contribution in [3.8, 4) is 0 Å². The van der Waals surface area contributed by atoms with Crippen LogP contribution in [0.3, 0.4) is 0 Å². The molecule has 7 nitrogen and oxygen atoms in total. The van der Waals surface area contributed by atoms with Gasteiger partial charge in [-0.1, -0.05) is 92.7 Å². The molecule has 2 amide bonds. The Morgan fingerprint density at radius 2 is 1.36 bits per heavy atom. The van der Waals surface area contributed by atoms with E-state index in [4.69, 9.17) is 0 Å². The lowest BCUT2D eigenvalue weighted by Gasteiger charge is -2.34. The van der Waals surface area contributed by atoms with Gasteiger partial charge in [0.1, 0.15) is 12.6 Å². The summed E-state index contributed by atoms with van der Waals surface area (Å²) in [4.78, 5) is 30.1. The highest BCUT2D eigenvalue weighted by molar-refractivity contribution is 7.92. The van der Waals surface area contributed by atoms with Crippen LogP contribution in [0.4, 0.5) is 5.69 Å². The first-order valence-electron chi connectivity index (χ1n) is 15.3. The molecule has 0 saturated carbocycles. The SMILES string of the molecule is Cc1cc(C)cc(N(CC(=O)N(Cc2ccccc2C)[C@H](Cc2ccccc2)C(=O)NCC(C)C)S(=O)(=O)c2ccccc2)c1. The Kier molecular flexibility index (Phi) is 11.2. The summed E-state index contributed by atoms with van der Waals surface area (Å²) in [5.41, 5.74) is 4.89. The van der Waals surface area contributed by atoms with E-state index in [0.29, 0.717) is 12.2 Å². The summed E-state index contributed by atoms with van der Waals surface area (Å²) in [6, 6.07) is 30.0. The molecule has 4 aromatic rings. The molecule has 4 rings (SSSR count). The van der Waals surface area contributed by atoms with Gasteiger partial charge in [0.25, 0.3) is 10.0 Å². The Hall–Kier alpha value is -4.43. The normalized spacial score (nSPS) is 12.0. The number of amides is 2. The van der Waals surface area contributed by atoms with Crippen LogP contribution in [-0.2, 0) is 32.6 Å². The number of aryl methyl sites for hydroxylation is 3. The van der Waals surface area contributed by atoms with Crippen LogP contribution >= 0.6 is 0 Å². The molecule has 0 aliphatic heterocycles. The van der Waals surface area contributed by atoms with Crippen molar-refractivity contribution in [2.45, 2.75) is 58.5 Å². The molecule has 0 aromatic heterocycles. The predicted molar refractivity (Wildman–Crippen MR) is 180 cm³/mol. The third-order valence-corrected chi connectivity index (χ3v) is 9.45. The van der Waals surface area contributed by atoms with Gasteiger partial charge in [0.05, 0.1) is 10.6 Å². The summed E-state index contributed by atoms with van der Waals surface area (Å²) >= 11 is 0. The van der Waals surface area contributed by atoms with Crippen molar-refractivity contribution in [2.24, 2.45) is 5.92 Å². The van der Waals surface area contributed by atoms with Gasteiger partial charge in [0, 0.05) is 19.5 Å². The van der Waals surface area contributed by atoms with Gasteiger partial charge < -0.3 is 10.2 Å². The molecule has 0 bridgehead atoms. The molecule has 8 heteroatoms. The number of carbonyl (C=O) groups excluding carboxylic acids is 2. The second kappa shape index (κ2) is 15.0. The Balaban J connectivity index is 1.82. The van der Waals surface area contributed by atoms with Gasteiger partial charge in [-0.25, -0.2) is 8.42 Å². The minimum atomic E-state index is -4.14. The zero-order chi connectivity index (χ0) is 32.6. The van der Waals surface area contributed by atoms with Gasteiger partial charge in [-0.05, 0) is 78.8 Å². The van der Waals surface area contributed by atoms with Crippen LogP contribution in [0.15, 0.2) is 108 Å². The fourth-order valence-corrected chi connectivity index (χ4v) is 6.71. The molecular weight excluding hydrogens is 582 g/mol. The maximum Gasteiger partial charge on any atom is 0.264 e. The van der Waals surface area contributed by atoms with Gasteiger partial charge >= 0.3 is 0 Å². The second-order valence-electron chi connectivity index (χ2n) is 12.0. The number of sulfonamides is 1. The summed E-state index contributed by atoms with van der Waals surface area (Å²) in [7, 11) is -4.14. The minimum absolute atomic E-state index is 0.0814. The van der Waals surface area contributed by atoms with Crippen LogP contribution in [0, 0.1) is 26.7 Å². The van der Waals surface area contributed by atoms with E-state index in [1.807, 2.05) is 95.3 Å². The maximum absolute atomic E-state index is 14.6. The first kappa shape index (κ1) is 33.5. The first-order chi connectivity index (χ1) is 21.5. The first-order valence-corrected chi connectivity index (χ1v) is 16.7. The highest BCUT2D eigenvalue weighted by Crippen LogP contribution is 2.27. The number of anilines is 1. The molecule has 0 saturated heterocycles. The average Bonchev–Trinajstić information content (AvgIpc) is 3.01. The fraction of sp³-hybridized carbons (Fsp3) is 0.297. The number of nitrogens with zero attached hydrogens (tertiary/aromatic N) is 2. The van der Waals surface area contributed by atoms with E-state index in [0.717, 1.165) is 27.8 Å². The van der Waals surface area contributed by atoms with E-state index in [-0.39, 0.29) is 29.7 Å². The van der Waals surface area contributed by atoms with Gasteiger partial charge in [-0.2, -0.15) is 0 Å². The zero-order valence-electron chi connectivity index (χ0n) is 26.7. The third-order valence-electron chi connectivity index (χ3n) is 7.66. The van der Waals surface area contributed by atoms with E-state index in [1.165, 1.54) is 16.4 Å². The molecular formula is C37H43N3O4S. The molecule has 4 aromatic carbocycles. The van der Waals surface area contributed by atoms with E-state index in [2.05, 4.69) is 5.32 Å². The minimum Gasteiger partial charge on any atom is -0.354 e. The number of rotatable bonds is 13. The van der Waals surface area contributed by atoms with Gasteiger partial charge in [0.15, 0.2) is 0 Å². The van der Waals surface area contributed by atoms with Crippen LogP contribution in [0.5, 0.6) is 0 Å². The van der Waals surface area contributed by atoms with Crippen molar-refractivity contribution in [3.63, 3.8) is 0 Å². The molecule has 1 N–H and O–H groups in total. The standard InChI is InChI=1S/C37H43N3O4S/c1-27(2)24-38-37(42)35(23-31-15-8-6-9-16-31)39(25-32-17-13-12-14-30(32)5)36(41)26-40(33-21-28(3)20-29(4)22-33)45(43,44)34-18-10-7-11-19-34/h6-22,27,35H,23-26H2,1-5H3,(H,38,42)/t35-/m1/s1. The highest BCUT2D eigenvalue weighted by atomic mass is 32.2. The molecule has 45 heavy (non-hydrogen) atoms. The Morgan fingerprint density at radius 3 is 1.96 bits per heavy atom. The summed E-state index contributed by atoms with van der Waals surface area (Å²) in [6.45, 7) is 9.89. The Morgan fingerprint density at radius 1 is 0.778 bits per heavy atom. The quantitative estimate of drug-likeness (QED) is 0.191. The van der Waals surface area contributed by atoms with Crippen LogP contribution in [0.2, 0.25) is 0 Å². The Labute approximate surface area is 268 Å². The number of hydrogen-bond donors (Lipinski definition) is 1. The van der Waals surface area contributed by atoms with E-state index in [1.54, 1.807) is 35.2 Å². The number of hydrogen-bond acceptors (Lipinski definition) is 4. The monoisotopic (exact) mass is 625 g/mol. The number of carbonyl (C=O) groups is 2. The largest absolute Gasteiger partial charge is 0.354 e. The van der Waals surface area contributed by atoms with Crippen molar-refractivity contribution in [3.05, 3.63) is 131 Å². The van der Waals surface area contributed by atoms with E-state index >= 15 is 0 Å². The molecule has 0 spiro atoms. The van der Waals surface area contributed by atoms with Crippen LogP contribution in [-0.4, -0.2) is 44.3 Å². The van der Waals surface area contributed by atoms with Crippen LogP contribution in [0.25, 0.3) is 0 Å².